The van der Waals surface area contributed by atoms with Gasteiger partial charge in [0.1, 0.15) is 11.6 Å². The first-order valence-corrected chi connectivity index (χ1v) is 5.51. The Kier molecular flexibility index (Phi) is 5.20. The van der Waals surface area contributed by atoms with E-state index in [1.54, 1.807) is 14.2 Å². The molecule has 17 heavy (non-hydrogen) atoms. The van der Waals surface area contributed by atoms with Crippen LogP contribution < -0.4 is 10.2 Å². The van der Waals surface area contributed by atoms with Crippen LogP contribution >= 0.6 is 0 Å². The number of nitrogens with zero attached hydrogens (tertiary/aromatic N) is 2. The average molecular weight is 233 g/mol. The van der Waals surface area contributed by atoms with E-state index in [9.17, 15) is 0 Å². The number of hydrogen-bond donors (Lipinski definition) is 1. The number of amidine groups is 1. The number of hydrazone groups is 1. The molecule has 4 nitrogen and oxygen atoms in total. The second-order valence-electron chi connectivity index (χ2n) is 3.79. The van der Waals surface area contributed by atoms with E-state index in [2.05, 4.69) is 15.5 Å². The molecule has 0 heterocycles. The van der Waals surface area contributed by atoms with Crippen LogP contribution in [0.4, 0.5) is 0 Å². The molecule has 0 aromatic heterocycles. The molecule has 4 heteroatoms. The number of hydrogen-bond acceptors (Lipinski definition) is 3. The zero-order valence-corrected chi connectivity index (χ0v) is 10.8. The van der Waals surface area contributed by atoms with Crippen LogP contribution in [0, 0.1) is 0 Å². The molecule has 0 aliphatic rings. The van der Waals surface area contributed by atoms with Crippen molar-refractivity contribution in [2.24, 2.45) is 10.1 Å². The first kappa shape index (κ1) is 13.2. The lowest BCUT2D eigenvalue weighted by Crippen LogP contribution is -2.16. The van der Waals surface area contributed by atoms with E-state index in [0.717, 1.165) is 23.7 Å². The van der Waals surface area contributed by atoms with E-state index in [-0.39, 0.29) is 0 Å². The summed E-state index contributed by atoms with van der Waals surface area (Å²) in [5.74, 6) is 1.68. The molecule has 0 amide bonds. The molecule has 1 aromatic rings. The normalized spacial score (nSPS) is 12.5. The summed E-state index contributed by atoms with van der Waals surface area (Å²) >= 11 is 0. The zero-order valence-electron chi connectivity index (χ0n) is 10.8. The topological polar surface area (TPSA) is 46.0 Å². The fraction of sp³-hybridized carbons (Fsp3) is 0.385. The van der Waals surface area contributed by atoms with Crippen molar-refractivity contribution < 1.29 is 4.74 Å². The van der Waals surface area contributed by atoms with Crippen LogP contribution in [-0.4, -0.2) is 25.7 Å². The van der Waals surface area contributed by atoms with Gasteiger partial charge in [0.2, 0.25) is 0 Å². The third kappa shape index (κ3) is 4.68. The minimum absolute atomic E-state index is 0.805. The molecular formula is C13H19N3O. The van der Waals surface area contributed by atoms with Crippen LogP contribution in [0.2, 0.25) is 0 Å². The monoisotopic (exact) mass is 233 g/mol. The zero-order chi connectivity index (χ0) is 12.7. The highest BCUT2D eigenvalue weighted by Crippen LogP contribution is 2.11. The number of aliphatic imine (C=N–C) groups is 1. The van der Waals surface area contributed by atoms with E-state index in [1.807, 2.05) is 38.1 Å². The molecule has 1 rings (SSSR count). The summed E-state index contributed by atoms with van der Waals surface area (Å²) in [6.45, 7) is 3.87. The van der Waals surface area contributed by atoms with Crippen molar-refractivity contribution >= 4 is 11.5 Å². The van der Waals surface area contributed by atoms with Crippen molar-refractivity contribution in [3.63, 3.8) is 0 Å². The Morgan fingerprint density at radius 1 is 1.24 bits per heavy atom. The van der Waals surface area contributed by atoms with Crippen molar-refractivity contribution in [1.82, 2.24) is 5.43 Å². The minimum Gasteiger partial charge on any atom is -0.497 e. The fourth-order valence-corrected chi connectivity index (χ4v) is 1.30. The van der Waals surface area contributed by atoms with Gasteiger partial charge in [0, 0.05) is 19.2 Å². The number of methoxy groups -OCH3 is 1. The lowest BCUT2D eigenvalue weighted by atomic mass is 10.1. The van der Waals surface area contributed by atoms with E-state index in [0.29, 0.717) is 0 Å². The van der Waals surface area contributed by atoms with Crippen LogP contribution in [-0.2, 0) is 6.42 Å². The van der Waals surface area contributed by atoms with Crippen molar-refractivity contribution in [1.29, 1.82) is 0 Å². The van der Waals surface area contributed by atoms with Crippen molar-refractivity contribution in [3.05, 3.63) is 29.8 Å². The summed E-state index contributed by atoms with van der Waals surface area (Å²) in [5, 5.41) is 4.24. The maximum absolute atomic E-state index is 5.11. The molecule has 1 N–H and O–H groups in total. The van der Waals surface area contributed by atoms with Crippen LogP contribution in [0.25, 0.3) is 0 Å². The van der Waals surface area contributed by atoms with Crippen LogP contribution in [0.5, 0.6) is 5.75 Å². The summed E-state index contributed by atoms with van der Waals surface area (Å²) in [7, 11) is 3.40. The number of benzene rings is 1. The molecule has 0 spiro atoms. The van der Waals surface area contributed by atoms with Gasteiger partial charge in [-0.3, -0.25) is 10.4 Å². The minimum atomic E-state index is 0.805. The Bertz CT molecular complexity index is 407. The van der Waals surface area contributed by atoms with Gasteiger partial charge in [0.05, 0.1) is 7.11 Å². The van der Waals surface area contributed by atoms with Gasteiger partial charge in [-0.15, -0.1) is 0 Å². The van der Waals surface area contributed by atoms with Crippen molar-refractivity contribution in [3.8, 4) is 5.75 Å². The van der Waals surface area contributed by atoms with Crippen molar-refractivity contribution in [2.75, 3.05) is 14.2 Å². The van der Waals surface area contributed by atoms with E-state index in [4.69, 9.17) is 4.74 Å². The van der Waals surface area contributed by atoms with E-state index >= 15 is 0 Å². The fourth-order valence-electron chi connectivity index (χ4n) is 1.30. The highest BCUT2D eigenvalue weighted by atomic mass is 16.5. The van der Waals surface area contributed by atoms with Crippen LogP contribution in [0.1, 0.15) is 19.4 Å². The average Bonchev–Trinajstić information content (AvgIpc) is 2.36. The summed E-state index contributed by atoms with van der Waals surface area (Å²) in [5.41, 5.74) is 5.11. The highest BCUT2D eigenvalue weighted by Gasteiger charge is 1.97. The summed E-state index contributed by atoms with van der Waals surface area (Å²) in [6.07, 6.45) is 0.813. The second-order valence-corrected chi connectivity index (χ2v) is 3.79. The molecule has 0 saturated carbocycles. The SMILES string of the molecule is CN=C(C)N/N=C(\C)Cc1ccc(OC)cc1. The first-order valence-electron chi connectivity index (χ1n) is 5.51. The molecule has 0 fully saturated rings. The Balaban J connectivity index is 2.58. The molecule has 92 valence electrons. The Morgan fingerprint density at radius 3 is 2.41 bits per heavy atom. The number of ether oxygens (including phenoxy) is 1. The molecule has 0 radical (unpaired) electrons. The maximum atomic E-state index is 5.11. The molecule has 0 unspecified atom stereocenters. The van der Waals surface area contributed by atoms with Gasteiger partial charge in [-0.25, -0.2) is 0 Å². The van der Waals surface area contributed by atoms with Crippen LogP contribution in [0.3, 0.4) is 0 Å². The molecule has 0 aliphatic heterocycles. The lowest BCUT2D eigenvalue weighted by Gasteiger charge is -2.04. The standard InChI is InChI=1S/C13H19N3O/c1-10(15-16-11(2)14-3)9-12-5-7-13(17-4)8-6-12/h5-8H,9H2,1-4H3,(H,14,16)/b15-10+. The van der Waals surface area contributed by atoms with Gasteiger partial charge in [-0.1, -0.05) is 12.1 Å². The van der Waals surface area contributed by atoms with Crippen LogP contribution in [0.15, 0.2) is 34.4 Å². The number of rotatable bonds is 4. The smallest absolute Gasteiger partial charge is 0.118 e. The summed E-state index contributed by atoms with van der Waals surface area (Å²) in [4.78, 5) is 3.97. The molecule has 0 aliphatic carbocycles. The Hall–Kier alpha value is -1.84. The molecular weight excluding hydrogens is 214 g/mol. The molecule has 0 atom stereocenters. The Labute approximate surface area is 102 Å². The van der Waals surface area contributed by atoms with E-state index < -0.39 is 0 Å². The Morgan fingerprint density at radius 2 is 1.88 bits per heavy atom. The largest absolute Gasteiger partial charge is 0.497 e. The maximum Gasteiger partial charge on any atom is 0.118 e. The van der Waals surface area contributed by atoms with E-state index in [1.165, 1.54) is 5.56 Å². The van der Waals surface area contributed by atoms with Gasteiger partial charge >= 0.3 is 0 Å². The van der Waals surface area contributed by atoms with Gasteiger partial charge in [-0.2, -0.15) is 5.10 Å². The van der Waals surface area contributed by atoms with Gasteiger partial charge in [0.15, 0.2) is 0 Å². The second kappa shape index (κ2) is 6.68. The molecule has 0 saturated heterocycles. The highest BCUT2D eigenvalue weighted by molar-refractivity contribution is 5.86. The lowest BCUT2D eigenvalue weighted by molar-refractivity contribution is 0.414. The predicted molar refractivity (Wildman–Crippen MR) is 72.0 cm³/mol. The molecule has 0 bridgehead atoms. The molecule has 1 aromatic carbocycles. The van der Waals surface area contributed by atoms with Gasteiger partial charge in [0.25, 0.3) is 0 Å². The summed E-state index contributed by atoms with van der Waals surface area (Å²) < 4.78 is 5.11. The third-order valence-corrected chi connectivity index (χ3v) is 2.36. The quantitative estimate of drug-likeness (QED) is 0.492. The van der Waals surface area contributed by atoms with Crippen molar-refractivity contribution in [2.45, 2.75) is 20.3 Å². The summed E-state index contributed by atoms with van der Waals surface area (Å²) in [6, 6.07) is 7.99. The number of nitrogens with one attached hydrogen (secondary N) is 1. The predicted octanol–water partition coefficient (Wildman–Crippen LogP) is 2.25. The third-order valence-electron chi connectivity index (χ3n) is 2.36. The van der Waals surface area contributed by atoms with Gasteiger partial charge < -0.3 is 4.74 Å². The van der Waals surface area contributed by atoms with Gasteiger partial charge in [-0.05, 0) is 31.5 Å². The first-order chi connectivity index (χ1) is 8.15.